The minimum absolute atomic E-state index is 0.0539. The Bertz CT molecular complexity index is 940. The van der Waals surface area contributed by atoms with Crippen LogP contribution in [0.5, 0.6) is 0 Å². The van der Waals surface area contributed by atoms with Crippen molar-refractivity contribution < 1.29 is 19.1 Å². The molecule has 2 aromatic carbocycles. The summed E-state index contributed by atoms with van der Waals surface area (Å²) < 4.78 is 5.30. The zero-order valence-corrected chi connectivity index (χ0v) is 18.2. The van der Waals surface area contributed by atoms with Gasteiger partial charge in [0, 0.05) is 47.9 Å². The zero-order chi connectivity index (χ0) is 22.2. The van der Waals surface area contributed by atoms with Gasteiger partial charge < -0.3 is 20.3 Å². The summed E-state index contributed by atoms with van der Waals surface area (Å²) in [6.07, 6.45) is 0.749. The number of carbonyl (C=O) groups is 3. The normalized spacial score (nSPS) is 13.5. The highest BCUT2D eigenvalue weighted by molar-refractivity contribution is 6.30. The number of halogens is 1. The largest absolute Gasteiger partial charge is 0.378 e. The van der Waals surface area contributed by atoms with Crippen LogP contribution in [0.4, 0.5) is 5.69 Å². The van der Waals surface area contributed by atoms with E-state index in [2.05, 4.69) is 10.6 Å². The molecule has 0 atom stereocenters. The Hall–Kier alpha value is -2.90. The monoisotopic (exact) mass is 443 g/mol. The van der Waals surface area contributed by atoms with Crippen molar-refractivity contribution >= 4 is 35.0 Å². The van der Waals surface area contributed by atoms with Crippen LogP contribution in [0, 0.1) is 6.92 Å². The average Bonchev–Trinajstić information content (AvgIpc) is 2.78. The number of nitrogens with one attached hydrogen (secondary N) is 2. The first-order chi connectivity index (χ1) is 15.0. The zero-order valence-electron chi connectivity index (χ0n) is 17.4. The molecule has 3 amide bonds. The van der Waals surface area contributed by atoms with E-state index in [0.717, 1.165) is 5.56 Å². The van der Waals surface area contributed by atoms with Crippen molar-refractivity contribution in [3.05, 3.63) is 64.2 Å². The second kappa shape index (κ2) is 10.9. The Morgan fingerprint density at radius 3 is 2.48 bits per heavy atom. The number of hydrogen-bond donors (Lipinski definition) is 2. The molecular formula is C23H26ClN3O4. The molecule has 8 heteroatoms. The predicted molar refractivity (Wildman–Crippen MR) is 120 cm³/mol. The van der Waals surface area contributed by atoms with Crippen LogP contribution in [0.2, 0.25) is 5.02 Å². The first-order valence-electron chi connectivity index (χ1n) is 10.3. The summed E-state index contributed by atoms with van der Waals surface area (Å²) in [6, 6.07) is 11.9. The number of anilines is 1. The van der Waals surface area contributed by atoms with Gasteiger partial charge in [-0.3, -0.25) is 14.4 Å². The first-order valence-corrected chi connectivity index (χ1v) is 10.6. The Balaban J connectivity index is 1.48. The van der Waals surface area contributed by atoms with Gasteiger partial charge in [0.15, 0.2) is 0 Å². The lowest BCUT2D eigenvalue weighted by Gasteiger charge is -2.27. The molecule has 164 valence electrons. The number of ether oxygens (including phenoxy) is 1. The third-order valence-corrected chi connectivity index (χ3v) is 5.36. The van der Waals surface area contributed by atoms with Crippen LogP contribution >= 0.6 is 11.6 Å². The number of amides is 3. The first kappa shape index (κ1) is 22.8. The minimum atomic E-state index is -0.206. The molecule has 1 heterocycles. The molecule has 1 aliphatic rings. The standard InChI is InChI=1S/C23H26ClN3O4/c1-16-19(23(30)27-12-14-31-15-13-27)4-2-5-20(16)26-21(28)6-3-11-25-22(29)17-7-9-18(24)10-8-17/h2,4-5,7-10H,3,6,11-15H2,1H3,(H,25,29)(H,26,28). The van der Waals surface area contributed by atoms with Crippen molar-refractivity contribution in [2.45, 2.75) is 19.8 Å². The maximum Gasteiger partial charge on any atom is 0.254 e. The second-order valence-electron chi connectivity index (χ2n) is 7.30. The van der Waals surface area contributed by atoms with Gasteiger partial charge in [-0.2, -0.15) is 0 Å². The third kappa shape index (κ3) is 6.29. The number of nitrogens with zero attached hydrogens (tertiary/aromatic N) is 1. The summed E-state index contributed by atoms with van der Waals surface area (Å²) in [4.78, 5) is 39.0. The van der Waals surface area contributed by atoms with Crippen molar-refractivity contribution in [3.63, 3.8) is 0 Å². The fourth-order valence-corrected chi connectivity index (χ4v) is 3.43. The highest BCUT2D eigenvalue weighted by atomic mass is 35.5. The van der Waals surface area contributed by atoms with Crippen LogP contribution in [0.25, 0.3) is 0 Å². The van der Waals surface area contributed by atoms with Gasteiger partial charge in [-0.25, -0.2) is 0 Å². The van der Waals surface area contributed by atoms with E-state index in [9.17, 15) is 14.4 Å². The Morgan fingerprint density at radius 2 is 1.77 bits per heavy atom. The van der Waals surface area contributed by atoms with Gasteiger partial charge in [0.05, 0.1) is 13.2 Å². The molecule has 3 rings (SSSR count). The molecule has 1 fully saturated rings. The number of rotatable bonds is 7. The van der Waals surface area contributed by atoms with E-state index in [1.54, 1.807) is 47.4 Å². The minimum Gasteiger partial charge on any atom is -0.378 e. The lowest BCUT2D eigenvalue weighted by atomic mass is 10.0. The second-order valence-corrected chi connectivity index (χ2v) is 7.73. The molecule has 0 radical (unpaired) electrons. The van der Waals surface area contributed by atoms with Crippen LogP contribution in [-0.2, 0) is 9.53 Å². The molecule has 0 unspecified atom stereocenters. The molecule has 0 aromatic heterocycles. The van der Waals surface area contributed by atoms with Gasteiger partial charge in [-0.05, 0) is 55.3 Å². The van der Waals surface area contributed by atoms with Gasteiger partial charge >= 0.3 is 0 Å². The number of benzene rings is 2. The van der Waals surface area contributed by atoms with Crippen molar-refractivity contribution in [1.82, 2.24) is 10.2 Å². The lowest BCUT2D eigenvalue weighted by molar-refractivity contribution is -0.116. The van der Waals surface area contributed by atoms with Crippen molar-refractivity contribution in [1.29, 1.82) is 0 Å². The van der Waals surface area contributed by atoms with E-state index >= 15 is 0 Å². The van der Waals surface area contributed by atoms with Crippen LogP contribution in [0.1, 0.15) is 39.1 Å². The van der Waals surface area contributed by atoms with E-state index in [0.29, 0.717) is 61.1 Å². The van der Waals surface area contributed by atoms with Gasteiger partial charge in [-0.15, -0.1) is 0 Å². The van der Waals surface area contributed by atoms with Crippen LogP contribution in [0.3, 0.4) is 0 Å². The lowest BCUT2D eigenvalue weighted by Crippen LogP contribution is -2.41. The highest BCUT2D eigenvalue weighted by Gasteiger charge is 2.21. The molecule has 0 bridgehead atoms. The maximum atomic E-state index is 12.8. The Labute approximate surface area is 186 Å². The molecule has 1 saturated heterocycles. The van der Waals surface area contributed by atoms with Crippen molar-refractivity contribution in [3.8, 4) is 0 Å². The molecule has 2 aromatic rings. The average molecular weight is 444 g/mol. The van der Waals surface area contributed by atoms with Crippen molar-refractivity contribution in [2.24, 2.45) is 0 Å². The number of carbonyl (C=O) groups excluding carboxylic acids is 3. The van der Waals surface area contributed by atoms with Crippen LogP contribution in [0.15, 0.2) is 42.5 Å². The molecule has 0 saturated carbocycles. The molecule has 31 heavy (non-hydrogen) atoms. The number of hydrogen-bond acceptors (Lipinski definition) is 4. The van der Waals surface area contributed by atoms with E-state index in [-0.39, 0.29) is 24.1 Å². The molecule has 0 spiro atoms. The van der Waals surface area contributed by atoms with Gasteiger partial charge in [0.25, 0.3) is 11.8 Å². The van der Waals surface area contributed by atoms with E-state index in [4.69, 9.17) is 16.3 Å². The summed E-state index contributed by atoms with van der Waals surface area (Å²) in [5.41, 5.74) is 2.46. The number of morpholine rings is 1. The molecule has 2 N–H and O–H groups in total. The highest BCUT2D eigenvalue weighted by Crippen LogP contribution is 2.21. The Kier molecular flexibility index (Phi) is 8.03. The smallest absolute Gasteiger partial charge is 0.254 e. The third-order valence-electron chi connectivity index (χ3n) is 5.11. The summed E-state index contributed by atoms with van der Waals surface area (Å²) in [5.74, 6) is -0.427. The quantitative estimate of drug-likeness (QED) is 0.643. The van der Waals surface area contributed by atoms with Gasteiger partial charge in [0.2, 0.25) is 5.91 Å². The van der Waals surface area contributed by atoms with E-state index < -0.39 is 0 Å². The maximum absolute atomic E-state index is 12.8. The SMILES string of the molecule is Cc1c(NC(=O)CCCNC(=O)c2ccc(Cl)cc2)cccc1C(=O)N1CCOCC1. The summed E-state index contributed by atoms with van der Waals surface area (Å²) in [7, 11) is 0. The molecule has 1 aliphatic heterocycles. The molecule has 0 aliphatic carbocycles. The Morgan fingerprint density at radius 1 is 1.06 bits per heavy atom. The molecule has 7 nitrogen and oxygen atoms in total. The fourth-order valence-electron chi connectivity index (χ4n) is 3.31. The summed E-state index contributed by atoms with van der Waals surface area (Å²) in [5, 5.41) is 6.23. The van der Waals surface area contributed by atoms with E-state index in [1.807, 2.05) is 6.92 Å². The summed E-state index contributed by atoms with van der Waals surface area (Å²) in [6.45, 7) is 4.41. The van der Waals surface area contributed by atoms with Gasteiger partial charge in [0.1, 0.15) is 0 Å². The topological polar surface area (TPSA) is 87.7 Å². The van der Waals surface area contributed by atoms with Crippen LogP contribution < -0.4 is 10.6 Å². The fraction of sp³-hybridized carbons (Fsp3) is 0.348. The van der Waals surface area contributed by atoms with Crippen LogP contribution in [-0.4, -0.2) is 55.5 Å². The van der Waals surface area contributed by atoms with Gasteiger partial charge in [-0.1, -0.05) is 17.7 Å². The predicted octanol–water partition coefficient (Wildman–Crippen LogP) is 3.27. The van der Waals surface area contributed by atoms with E-state index in [1.165, 1.54) is 0 Å². The summed E-state index contributed by atoms with van der Waals surface area (Å²) >= 11 is 5.82. The molecular weight excluding hydrogens is 418 g/mol. The van der Waals surface area contributed by atoms with Crippen molar-refractivity contribution in [2.75, 3.05) is 38.2 Å².